The number of unbranched alkanes of at least 4 members (excludes halogenated alkanes) is 1. The third kappa shape index (κ3) is 5.99. The number of para-hydroxylation sites is 1. The highest BCUT2D eigenvalue weighted by Gasteiger charge is 2.00. The number of thioether (sulfide) groups is 1. The fraction of sp³-hybridized carbons (Fsp3) is 0.571. The first-order valence-electron chi connectivity index (χ1n) is 6.20. The van der Waals surface area contributed by atoms with Crippen LogP contribution in [0.2, 0.25) is 0 Å². The van der Waals surface area contributed by atoms with Gasteiger partial charge in [-0.3, -0.25) is 0 Å². The Kier molecular flexibility index (Phi) is 7.93. The van der Waals surface area contributed by atoms with Crippen LogP contribution in [0.25, 0.3) is 0 Å². The SMILES string of the molecule is COc1ccccc1CCNCCCCSC. The molecule has 0 amide bonds. The van der Waals surface area contributed by atoms with Crippen LogP contribution in [-0.2, 0) is 6.42 Å². The predicted octanol–water partition coefficient (Wildman–Crippen LogP) is 2.97. The molecule has 0 bridgehead atoms. The number of rotatable bonds is 9. The van der Waals surface area contributed by atoms with Crippen LogP contribution in [0.15, 0.2) is 24.3 Å². The zero-order chi connectivity index (χ0) is 12.3. The molecule has 0 aliphatic carbocycles. The van der Waals surface area contributed by atoms with Crippen LogP contribution in [0.3, 0.4) is 0 Å². The molecule has 1 aromatic rings. The van der Waals surface area contributed by atoms with Gasteiger partial charge in [0.1, 0.15) is 5.75 Å². The lowest BCUT2D eigenvalue weighted by Gasteiger charge is -2.08. The molecule has 0 fully saturated rings. The van der Waals surface area contributed by atoms with Gasteiger partial charge in [-0.05, 0) is 56.0 Å². The molecule has 17 heavy (non-hydrogen) atoms. The van der Waals surface area contributed by atoms with E-state index in [-0.39, 0.29) is 0 Å². The number of hydrogen-bond donors (Lipinski definition) is 1. The molecule has 0 aliphatic heterocycles. The van der Waals surface area contributed by atoms with Gasteiger partial charge in [-0.15, -0.1) is 0 Å². The number of benzene rings is 1. The lowest BCUT2D eigenvalue weighted by atomic mass is 10.1. The average Bonchev–Trinajstić information content (AvgIpc) is 2.38. The topological polar surface area (TPSA) is 21.3 Å². The number of hydrogen-bond acceptors (Lipinski definition) is 3. The Balaban J connectivity index is 2.13. The minimum atomic E-state index is 0.997. The van der Waals surface area contributed by atoms with Crippen molar-refractivity contribution in [3.05, 3.63) is 29.8 Å². The molecule has 0 unspecified atom stereocenters. The third-order valence-electron chi connectivity index (χ3n) is 2.72. The van der Waals surface area contributed by atoms with Crippen molar-refractivity contribution in [2.24, 2.45) is 0 Å². The first-order chi connectivity index (χ1) is 8.38. The molecule has 2 nitrogen and oxygen atoms in total. The lowest BCUT2D eigenvalue weighted by molar-refractivity contribution is 0.409. The molecule has 96 valence electrons. The molecule has 1 aromatic carbocycles. The third-order valence-corrected chi connectivity index (χ3v) is 3.41. The Hall–Kier alpha value is -0.670. The highest BCUT2D eigenvalue weighted by Crippen LogP contribution is 2.17. The second-order valence-corrected chi connectivity index (χ2v) is 5.00. The van der Waals surface area contributed by atoms with Gasteiger partial charge in [-0.1, -0.05) is 18.2 Å². The maximum atomic E-state index is 5.32. The van der Waals surface area contributed by atoms with E-state index in [1.54, 1.807) is 7.11 Å². The fourth-order valence-electron chi connectivity index (χ4n) is 1.75. The van der Waals surface area contributed by atoms with Gasteiger partial charge in [-0.2, -0.15) is 11.8 Å². The average molecular weight is 253 g/mol. The molecule has 1 rings (SSSR count). The normalized spacial score (nSPS) is 10.5. The van der Waals surface area contributed by atoms with Gasteiger partial charge in [0.25, 0.3) is 0 Å². The smallest absolute Gasteiger partial charge is 0.122 e. The molecule has 0 atom stereocenters. The fourth-order valence-corrected chi connectivity index (χ4v) is 2.25. The molecule has 3 heteroatoms. The van der Waals surface area contributed by atoms with Crippen molar-refractivity contribution >= 4 is 11.8 Å². The summed E-state index contributed by atoms with van der Waals surface area (Å²) in [5, 5.41) is 3.48. The van der Waals surface area contributed by atoms with Gasteiger partial charge >= 0.3 is 0 Å². The van der Waals surface area contributed by atoms with E-state index in [9.17, 15) is 0 Å². The highest BCUT2D eigenvalue weighted by atomic mass is 32.2. The quantitative estimate of drug-likeness (QED) is 0.684. The zero-order valence-corrected chi connectivity index (χ0v) is 11.7. The molecule has 1 N–H and O–H groups in total. The summed E-state index contributed by atoms with van der Waals surface area (Å²) in [5.41, 5.74) is 1.28. The zero-order valence-electron chi connectivity index (χ0n) is 10.9. The van der Waals surface area contributed by atoms with Crippen LogP contribution >= 0.6 is 11.8 Å². The summed E-state index contributed by atoms with van der Waals surface area (Å²) >= 11 is 1.92. The first-order valence-corrected chi connectivity index (χ1v) is 7.59. The summed E-state index contributed by atoms with van der Waals surface area (Å²) in [6.07, 6.45) is 5.78. The van der Waals surface area contributed by atoms with Crippen LogP contribution in [-0.4, -0.2) is 32.2 Å². The first kappa shape index (κ1) is 14.4. The summed E-state index contributed by atoms with van der Waals surface area (Å²) < 4.78 is 5.32. The monoisotopic (exact) mass is 253 g/mol. The standard InChI is InChI=1S/C14H23NOS/c1-16-14-8-4-3-7-13(14)9-11-15-10-5-6-12-17-2/h3-4,7-8,15H,5-6,9-12H2,1-2H3. The Bertz CT molecular complexity index is 304. The van der Waals surface area contributed by atoms with Gasteiger partial charge in [0.2, 0.25) is 0 Å². The van der Waals surface area contributed by atoms with Crippen LogP contribution in [0.5, 0.6) is 5.75 Å². The molecule has 0 aromatic heterocycles. The van der Waals surface area contributed by atoms with E-state index >= 15 is 0 Å². The minimum absolute atomic E-state index is 0.997. The van der Waals surface area contributed by atoms with Crippen molar-refractivity contribution < 1.29 is 4.74 Å². The molecule has 0 heterocycles. The van der Waals surface area contributed by atoms with Gasteiger partial charge in [0, 0.05) is 0 Å². The lowest BCUT2D eigenvalue weighted by Crippen LogP contribution is -2.18. The molecule has 0 aliphatic rings. The Morgan fingerprint density at radius 2 is 2.00 bits per heavy atom. The minimum Gasteiger partial charge on any atom is -0.496 e. The predicted molar refractivity (Wildman–Crippen MR) is 77.2 cm³/mol. The molecular weight excluding hydrogens is 230 g/mol. The number of methoxy groups -OCH3 is 1. The molecule has 0 saturated heterocycles. The van der Waals surface area contributed by atoms with Crippen LogP contribution in [0.1, 0.15) is 18.4 Å². The number of nitrogens with one attached hydrogen (secondary N) is 1. The maximum Gasteiger partial charge on any atom is 0.122 e. The molecular formula is C14H23NOS. The van der Waals surface area contributed by atoms with E-state index in [2.05, 4.69) is 23.7 Å². The van der Waals surface area contributed by atoms with Gasteiger partial charge in [-0.25, -0.2) is 0 Å². The van der Waals surface area contributed by atoms with Crippen molar-refractivity contribution in [2.45, 2.75) is 19.3 Å². The van der Waals surface area contributed by atoms with Crippen molar-refractivity contribution in [1.29, 1.82) is 0 Å². The van der Waals surface area contributed by atoms with E-state index in [1.807, 2.05) is 23.9 Å². The van der Waals surface area contributed by atoms with E-state index in [4.69, 9.17) is 4.74 Å². The number of ether oxygens (including phenoxy) is 1. The van der Waals surface area contributed by atoms with E-state index < -0.39 is 0 Å². The molecule has 0 spiro atoms. The summed E-state index contributed by atoms with van der Waals surface area (Å²) in [6.45, 7) is 2.15. The second-order valence-electron chi connectivity index (χ2n) is 4.01. The van der Waals surface area contributed by atoms with Crippen molar-refractivity contribution in [3.8, 4) is 5.75 Å². The van der Waals surface area contributed by atoms with Crippen molar-refractivity contribution in [1.82, 2.24) is 5.32 Å². The van der Waals surface area contributed by atoms with Gasteiger partial charge in [0.15, 0.2) is 0 Å². The summed E-state index contributed by atoms with van der Waals surface area (Å²) in [7, 11) is 1.73. The van der Waals surface area contributed by atoms with E-state index in [0.29, 0.717) is 0 Å². The maximum absolute atomic E-state index is 5.32. The van der Waals surface area contributed by atoms with Gasteiger partial charge < -0.3 is 10.1 Å². The largest absolute Gasteiger partial charge is 0.496 e. The highest BCUT2D eigenvalue weighted by molar-refractivity contribution is 7.98. The van der Waals surface area contributed by atoms with E-state index in [1.165, 1.54) is 24.2 Å². The molecule has 0 saturated carbocycles. The van der Waals surface area contributed by atoms with Crippen LogP contribution in [0.4, 0.5) is 0 Å². The van der Waals surface area contributed by atoms with Crippen molar-refractivity contribution in [3.63, 3.8) is 0 Å². The summed E-state index contributed by atoms with van der Waals surface area (Å²) in [5.74, 6) is 2.27. The van der Waals surface area contributed by atoms with Crippen LogP contribution < -0.4 is 10.1 Å². The Morgan fingerprint density at radius 3 is 2.76 bits per heavy atom. The molecule has 0 radical (unpaired) electrons. The Labute approximate surface area is 109 Å². The van der Waals surface area contributed by atoms with Crippen LogP contribution in [0, 0.1) is 0 Å². The Morgan fingerprint density at radius 1 is 1.18 bits per heavy atom. The van der Waals surface area contributed by atoms with Gasteiger partial charge in [0.05, 0.1) is 7.11 Å². The second kappa shape index (κ2) is 9.37. The van der Waals surface area contributed by atoms with E-state index in [0.717, 1.165) is 25.3 Å². The van der Waals surface area contributed by atoms with Crippen molar-refractivity contribution in [2.75, 3.05) is 32.2 Å². The summed E-state index contributed by atoms with van der Waals surface area (Å²) in [4.78, 5) is 0. The summed E-state index contributed by atoms with van der Waals surface area (Å²) in [6, 6.07) is 8.23.